The molecule has 2 nitrogen and oxygen atoms in total. The number of fused-ring (bicyclic) bond motifs is 5. The first-order chi connectivity index (χ1) is 15.3. The zero-order valence-corrected chi connectivity index (χ0v) is 20.9. The highest BCUT2D eigenvalue weighted by Crippen LogP contribution is 2.69. The van der Waals surface area contributed by atoms with Crippen molar-refractivity contribution in [3.63, 3.8) is 0 Å². The number of rotatable bonds is 5. The molecule has 9 atom stereocenters. The lowest BCUT2D eigenvalue weighted by Crippen LogP contribution is -2.59. The van der Waals surface area contributed by atoms with Crippen LogP contribution in [-0.2, 0) is 0 Å². The molecule has 0 radical (unpaired) electrons. The lowest BCUT2D eigenvalue weighted by molar-refractivity contribution is -0.290. The minimum atomic E-state index is -4.51. The highest BCUT2D eigenvalue weighted by molar-refractivity contribution is 5.11. The molecule has 0 heterocycles. The predicted octanol–water partition coefficient (Wildman–Crippen LogP) is 7.27. The van der Waals surface area contributed by atoms with Crippen LogP contribution < -0.4 is 0 Å². The Kier molecular flexibility index (Phi) is 5.81. The van der Waals surface area contributed by atoms with Gasteiger partial charge in [-0.15, -0.1) is 0 Å². The van der Waals surface area contributed by atoms with Gasteiger partial charge < -0.3 is 10.2 Å². The molecule has 5 fully saturated rings. The van der Waals surface area contributed by atoms with Gasteiger partial charge in [0, 0.05) is 0 Å². The predicted molar refractivity (Wildman–Crippen MR) is 123 cm³/mol. The van der Waals surface area contributed by atoms with Crippen molar-refractivity contribution < 1.29 is 23.4 Å². The van der Waals surface area contributed by atoms with E-state index in [0.717, 1.165) is 50.9 Å². The van der Waals surface area contributed by atoms with E-state index in [-0.39, 0.29) is 29.8 Å². The van der Waals surface area contributed by atoms with Gasteiger partial charge in [-0.3, -0.25) is 0 Å². The molecule has 5 aliphatic rings. The third kappa shape index (κ3) is 3.90. The minimum absolute atomic E-state index is 0.00664. The van der Waals surface area contributed by atoms with Crippen molar-refractivity contribution in [2.75, 3.05) is 0 Å². The Morgan fingerprint density at radius 2 is 1.55 bits per heavy atom. The van der Waals surface area contributed by atoms with Crippen LogP contribution in [0.1, 0.15) is 111 Å². The zero-order valence-electron chi connectivity index (χ0n) is 20.9. The van der Waals surface area contributed by atoms with Gasteiger partial charge in [0.1, 0.15) is 0 Å². The topological polar surface area (TPSA) is 40.5 Å². The van der Waals surface area contributed by atoms with Gasteiger partial charge in [0.05, 0.1) is 5.60 Å². The smallest absolute Gasteiger partial charge is 0.390 e. The number of alkyl halides is 3. The summed E-state index contributed by atoms with van der Waals surface area (Å²) in [6.07, 6.45) is 7.87. The van der Waals surface area contributed by atoms with Crippen molar-refractivity contribution in [3.8, 4) is 0 Å². The molecule has 5 rings (SSSR count). The molecule has 190 valence electrons. The third-order valence-electron chi connectivity index (χ3n) is 12.1. The summed E-state index contributed by atoms with van der Waals surface area (Å²) in [6, 6.07) is 0. The molecular formula is C28H45F3O2. The summed E-state index contributed by atoms with van der Waals surface area (Å²) in [5.41, 5.74) is -2.51. The maximum Gasteiger partial charge on any atom is 0.417 e. The van der Waals surface area contributed by atoms with E-state index in [1.807, 2.05) is 0 Å². The van der Waals surface area contributed by atoms with Gasteiger partial charge in [-0.25, -0.2) is 0 Å². The highest BCUT2D eigenvalue weighted by Gasteiger charge is 2.65. The summed E-state index contributed by atoms with van der Waals surface area (Å²) in [7, 11) is 0. The molecule has 0 amide bonds. The van der Waals surface area contributed by atoms with Crippen LogP contribution in [0.4, 0.5) is 13.2 Å². The van der Waals surface area contributed by atoms with Crippen LogP contribution in [-0.4, -0.2) is 27.6 Å². The molecule has 5 aliphatic carbocycles. The van der Waals surface area contributed by atoms with E-state index in [1.165, 1.54) is 25.7 Å². The molecule has 5 heteroatoms. The van der Waals surface area contributed by atoms with E-state index in [1.54, 1.807) is 0 Å². The van der Waals surface area contributed by atoms with E-state index in [0.29, 0.717) is 35.5 Å². The minimum Gasteiger partial charge on any atom is -0.390 e. The van der Waals surface area contributed by atoms with Crippen molar-refractivity contribution in [1.29, 1.82) is 0 Å². The number of aliphatic hydroxyl groups is 2. The average Bonchev–Trinajstić information content (AvgIpc) is 3.35. The fraction of sp³-hybridized carbons (Fsp3) is 1.00. The van der Waals surface area contributed by atoms with Gasteiger partial charge in [0.25, 0.3) is 0 Å². The van der Waals surface area contributed by atoms with E-state index in [2.05, 4.69) is 20.8 Å². The molecule has 5 saturated carbocycles. The monoisotopic (exact) mass is 470 g/mol. The molecule has 0 aromatic carbocycles. The highest BCUT2D eigenvalue weighted by atomic mass is 19.4. The molecule has 0 aliphatic heterocycles. The van der Waals surface area contributed by atoms with Crippen LogP contribution in [0.25, 0.3) is 0 Å². The second-order valence-corrected chi connectivity index (χ2v) is 13.7. The van der Waals surface area contributed by atoms with Gasteiger partial charge in [0.2, 0.25) is 0 Å². The van der Waals surface area contributed by atoms with Crippen LogP contribution in [0.15, 0.2) is 0 Å². The van der Waals surface area contributed by atoms with E-state index in [9.17, 15) is 23.4 Å². The maximum absolute atomic E-state index is 13.6. The second-order valence-electron chi connectivity index (χ2n) is 13.7. The SMILES string of the molecule is C[C@H](CCCC1(O)CC1)C1CC[C@H]2[C@@H]3CC[C@H]4C[C@](O)(C(F)(F)F)CC[C@]4(C)[C@H]3CC[C@]12C. The Labute approximate surface area is 198 Å². The Balaban J connectivity index is 1.27. The second kappa shape index (κ2) is 7.85. The number of hydrogen-bond donors (Lipinski definition) is 2. The molecule has 0 aromatic rings. The third-order valence-corrected chi connectivity index (χ3v) is 12.1. The largest absolute Gasteiger partial charge is 0.417 e. The van der Waals surface area contributed by atoms with Gasteiger partial charge in [0.15, 0.2) is 5.60 Å². The number of halogens is 3. The van der Waals surface area contributed by atoms with Crippen LogP contribution in [0.3, 0.4) is 0 Å². The first-order valence-electron chi connectivity index (χ1n) is 13.8. The lowest BCUT2D eigenvalue weighted by Gasteiger charge is -2.62. The van der Waals surface area contributed by atoms with E-state index in [4.69, 9.17) is 0 Å². The number of hydrogen-bond acceptors (Lipinski definition) is 2. The van der Waals surface area contributed by atoms with Crippen molar-refractivity contribution in [1.82, 2.24) is 0 Å². The van der Waals surface area contributed by atoms with Crippen LogP contribution in [0.5, 0.6) is 0 Å². The quantitative estimate of drug-likeness (QED) is 0.443. The van der Waals surface area contributed by atoms with Crippen molar-refractivity contribution >= 4 is 0 Å². The van der Waals surface area contributed by atoms with Crippen molar-refractivity contribution in [2.45, 2.75) is 128 Å². The van der Waals surface area contributed by atoms with Crippen molar-refractivity contribution in [3.05, 3.63) is 0 Å². The van der Waals surface area contributed by atoms with Crippen LogP contribution in [0, 0.1) is 46.3 Å². The lowest BCUT2D eigenvalue weighted by atomic mass is 9.43. The fourth-order valence-corrected chi connectivity index (χ4v) is 9.83. The fourth-order valence-electron chi connectivity index (χ4n) is 9.83. The Morgan fingerprint density at radius 1 is 0.848 bits per heavy atom. The molecule has 33 heavy (non-hydrogen) atoms. The normalized spacial score (nSPS) is 49.6. The van der Waals surface area contributed by atoms with Gasteiger partial charge >= 0.3 is 6.18 Å². The molecule has 0 saturated heterocycles. The van der Waals surface area contributed by atoms with E-state index >= 15 is 0 Å². The summed E-state index contributed by atoms with van der Waals surface area (Å²) in [6.45, 7) is 7.23. The molecular weight excluding hydrogens is 425 g/mol. The van der Waals surface area contributed by atoms with Crippen LogP contribution in [0.2, 0.25) is 0 Å². The Hall–Kier alpha value is -0.290. The Morgan fingerprint density at radius 3 is 2.21 bits per heavy atom. The van der Waals surface area contributed by atoms with Crippen LogP contribution >= 0.6 is 0 Å². The van der Waals surface area contributed by atoms with Crippen molar-refractivity contribution in [2.24, 2.45) is 46.3 Å². The zero-order chi connectivity index (χ0) is 23.9. The van der Waals surface area contributed by atoms with Gasteiger partial charge in [-0.05, 0) is 123 Å². The molecule has 2 N–H and O–H groups in total. The summed E-state index contributed by atoms with van der Waals surface area (Å²) < 4.78 is 40.7. The standard InChI is InChI=1S/C28H45F3O2/c1-18(5-4-11-26(32)14-15-26)21-8-9-22-20-7-6-19-17-27(33,28(29,30)31)16-13-24(19,2)23(20)10-12-25(21,22)3/h18-23,32-33H,4-17H2,1-3H3/t18-,19+,20+,21?,22+,23+,24+,25-,27+/m1/s1. The summed E-state index contributed by atoms with van der Waals surface area (Å²) in [4.78, 5) is 0. The summed E-state index contributed by atoms with van der Waals surface area (Å²) in [5, 5.41) is 20.6. The molecule has 1 unspecified atom stereocenters. The van der Waals surface area contributed by atoms with E-state index < -0.39 is 11.8 Å². The first-order valence-corrected chi connectivity index (χ1v) is 13.8. The summed E-state index contributed by atoms with van der Waals surface area (Å²) >= 11 is 0. The summed E-state index contributed by atoms with van der Waals surface area (Å²) in [5.74, 6) is 3.29. The molecule has 0 aromatic heterocycles. The van der Waals surface area contributed by atoms with Gasteiger partial charge in [-0.2, -0.15) is 13.2 Å². The molecule has 0 bridgehead atoms. The Bertz CT molecular complexity index is 748. The van der Waals surface area contributed by atoms with Gasteiger partial charge in [-0.1, -0.05) is 33.6 Å². The maximum atomic E-state index is 13.6. The average molecular weight is 471 g/mol. The first kappa shape index (κ1) is 24.4. The molecule has 0 spiro atoms.